The minimum Gasteiger partial charge on any atom is -0.486 e. The van der Waals surface area contributed by atoms with Crippen LogP contribution in [-0.2, 0) is 6.61 Å². The maximum Gasteiger partial charge on any atom is 0.134 e. The number of hydrogen-bond donors (Lipinski definition) is 1. The summed E-state index contributed by atoms with van der Waals surface area (Å²) in [6.45, 7) is 2.65. The van der Waals surface area contributed by atoms with Crippen LogP contribution in [0.2, 0.25) is 0 Å². The molecule has 0 bridgehead atoms. The summed E-state index contributed by atoms with van der Waals surface area (Å²) in [7, 11) is 0. The third kappa shape index (κ3) is 2.51. The molecule has 0 aliphatic carbocycles. The monoisotopic (exact) mass is 315 g/mol. The van der Waals surface area contributed by atoms with E-state index in [9.17, 15) is 0 Å². The molecule has 3 rings (SSSR count). The Kier molecular flexibility index (Phi) is 3.30. The third-order valence-corrected chi connectivity index (χ3v) is 3.80. The van der Waals surface area contributed by atoms with E-state index in [0.717, 1.165) is 15.9 Å². The summed E-state index contributed by atoms with van der Waals surface area (Å²) in [5.41, 5.74) is 3.53. The lowest BCUT2D eigenvalue weighted by atomic mass is 10.2. The number of aromatic nitrogens is 1. The van der Waals surface area contributed by atoms with E-state index in [2.05, 4.69) is 52.1 Å². The molecular weight excluding hydrogens is 302 g/mol. The molecule has 2 aromatic carbocycles. The van der Waals surface area contributed by atoms with E-state index < -0.39 is 0 Å². The van der Waals surface area contributed by atoms with Crippen molar-refractivity contribution in [3.63, 3.8) is 0 Å². The number of nitrogens with one attached hydrogen (secondary N) is 1. The molecule has 0 radical (unpaired) electrons. The maximum atomic E-state index is 5.81. The van der Waals surface area contributed by atoms with Crippen molar-refractivity contribution in [2.24, 2.45) is 0 Å². The van der Waals surface area contributed by atoms with Crippen molar-refractivity contribution in [3.05, 3.63) is 64.3 Å². The van der Waals surface area contributed by atoms with Crippen LogP contribution in [0.5, 0.6) is 5.75 Å². The van der Waals surface area contributed by atoms with E-state index in [-0.39, 0.29) is 0 Å². The van der Waals surface area contributed by atoms with Gasteiger partial charge in [-0.2, -0.15) is 0 Å². The van der Waals surface area contributed by atoms with Crippen molar-refractivity contribution in [2.75, 3.05) is 0 Å². The smallest absolute Gasteiger partial charge is 0.134 e. The molecule has 0 aliphatic rings. The molecule has 0 fully saturated rings. The highest BCUT2D eigenvalue weighted by Crippen LogP contribution is 2.25. The minimum atomic E-state index is 0.538. The van der Waals surface area contributed by atoms with Gasteiger partial charge < -0.3 is 9.72 Å². The van der Waals surface area contributed by atoms with Crippen LogP contribution in [0.3, 0.4) is 0 Å². The normalized spacial score (nSPS) is 10.8. The van der Waals surface area contributed by atoms with E-state index in [1.54, 1.807) is 0 Å². The molecule has 1 aromatic heterocycles. The van der Waals surface area contributed by atoms with Crippen LogP contribution in [0.25, 0.3) is 10.9 Å². The number of hydrogen-bond acceptors (Lipinski definition) is 1. The number of halogens is 1. The average molecular weight is 316 g/mol. The summed E-state index contributed by atoms with van der Waals surface area (Å²) < 4.78 is 6.79. The highest BCUT2D eigenvalue weighted by Gasteiger charge is 2.04. The molecule has 1 N–H and O–H groups in total. The van der Waals surface area contributed by atoms with Crippen LogP contribution in [0.4, 0.5) is 0 Å². The van der Waals surface area contributed by atoms with Crippen molar-refractivity contribution in [3.8, 4) is 5.75 Å². The highest BCUT2D eigenvalue weighted by molar-refractivity contribution is 9.10. The second kappa shape index (κ2) is 5.10. The Morgan fingerprint density at radius 2 is 1.95 bits per heavy atom. The lowest BCUT2D eigenvalue weighted by Gasteiger charge is -2.06. The van der Waals surface area contributed by atoms with Crippen LogP contribution >= 0.6 is 15.9 Å². The van der Waals surface area contributed by atoms with Crippen molar-refractivity contribution >= 4 is 26.8 Å². The second-order valence-corrected chi connectivity index (χ2v) is 5.41. The quantitative estimate of drug-likeness (QED) is 0.736. The van der Waals surface area contributed by atoms with Crippen molar-refractivity contribution < 1.29 is 4.74 Å². The van der Waals surface area contributed by atoms with Gasteiger partial charge in [0.15, 0.2) is 0 Å². The zero-order chi connectivity index (χ0) is 13.2. The summed E-state index contributed by atoms with van der Waals surface area (Å²) >= 11 is 3.48. The lowest BCUT2D eigenvalue weighted by Crippen LogP contribution is -1.95. The molecule has 3 heteroatoms. The van der Waals surface area contributed by atoms with E-state index in [4.69, 9.17) is 4.74 Å². The molecule has 0 amide bonds. The molecule has 0 atom stereocenters. The number of benzene rings is 2. The molecule has 96 valence electrons. The number of aryl methyl sites for hydroxylation is 1. The van der Waals surface area contributed by atoms with E-state index in [1.165, 1.54) is 16.5 Å². The first-order valence-corrected chi connectivity index (χ1v) is 6.98. The minimum absolute atomic E-state index is 0.538. The number of aromatic amines is 1. The van der Waals surface area contributed by atoms with Gasteiger partial charge in [0.25, 0.3) is 0 Å². The largest absolute Gasteiger partial charge is 0.486 e. The summed E-state index contributed by atoms with van der Waals surface area (Å²) in [6, 6.07) is 16.3. The predicted molar refractivity (Wildman–Crippen MR) is 81.5 cm³/mol. The molecule has 1 heterocycles. The van der Waals surface area contributed by atoms with Gasteiger partial charge in [-0.3, -0.25) is 0 Å². The Morgan fingerprint density at radius 3 is 2.74 bits per heavy atom. The fraction of sp³-hybridized carbons (Fsp3) is 0.125. The second-order valence-electron chi connectivity index (χ2n) is 4.55. The summed E-state index contributed by atoms with van der Waals surface area (Å²) in [5, 5.41) is 1.23. The molecule has 0 unspecified atom stereocenters. The Hall–Kier alpha value is -1.74. The first kappa shape index (κ1) is 12.3. The van der Waals surface area contributed by atoms with E-state index in [1.807, 2.05) is 24.3 Å². The fourth-order valence-corrected chi connectivity index (χ4v) is 2.56. The predicted octanol–water partition coefficient (Wildman–Crippen LogP) is 4.82. The van der Waals surface area contributed by atoms with Crippen LogP contribution in [0.15, 0.2) is 53.0 Å². The van der Waals surface area contributed by atoms with Crippen molar-refractivity contribution in [1.82, 2.24) is 4.98 Å². The average Bonchev–Trinajstić information content (AvgIpc) is 2.82. The molecular formula is C16H14BrNO. The van der Waals surface area contributed by atoms with Crippen LogP contribution in [0.1, 0.15) is 11.3 Å². The lowest BCUT2D eigenvalue weighted by molar-refractivity contribution is 0.300. The van der Waals surface area contributed by atoms with Crippen LogP contribution < -0.4 is 4.74 Å². The van der Waals surface area contributed by atoms with Gasteiger partial charge in [0.1, 0.15) is 12.4 Å². The molecule has 2 nitrogen and oxygen atoms in total. The number of rotatable bonds is 3. The number of fused-ring (bicyclic) bond motifs is 1. The van der Waals surface area contributed by atoms with Crippen molar-refractivity contribution in [2.45, 2.75) is 13.5 Å². The fourth-order valence-electron chi connectivity index (χ4n) is 2.16. The molecule has 0 saturated carbocycles. The molecule has 0 spiro atoms. The van der Waals surface area contributed by atoms with Crippen molar-refractivity contribution in [1.29, 1.82) is 0 Å². The van der Waals surface area contributed by atoms with Gasteiger partial charge >= 0.3 is 0 Å². The van der Waals surface area contributed by atoms with E-state index >= 15 is 0 Å². The van der Waals surface area contributed by atoms with Gasteiger partial charge in [-0.15, -0.1) is 0 Å². The number of ether oxygens (including phenoxy) is 1. The summed E-state index contributed by atoms with van der Waals surface area (Å²) in [4.78, 5) is 3.41. The highest BCUT2D eigenvalue weighted by atomic mass is 79.9. The van der Waals surface area contributed by atoms with Gasteiger partial charge in [0, 0.05) is 10.9 Å². The van der Waals surface area contributed by atoms with Gasteiger partial charge in [0.05, 0.1) is 10.2 Å². The summed E-state index contributed by atoms with van der Waals surface area (Å²) in [6.07, 6.45) is 0. The van der Waals surface area contributed by atoms with Gasteiger partial charge in [-0.05, 0) is 46.6 Å². The van der Waals surface area contributed by atoms with Gasteiger partial charge in [-0.25, -0.2) is 0 Å². The molecule has 0 saturated heterocycles. The Morgan fingerprint density at radius 1 is 1.11 bits per heavy atom. The van der Waals surface area contributed by atoms with E-state index in [0.29, 0.717) is 6.61 Å². The first-order valence-electron chi connectivity index (χ1n) is 6.18. The standard InChI is InChI=1S/C16H14BrNO/c1-11-5-4-6-12-9-13(18-16(11)12)10-19-15-8-3-2-7-14(15)17/h2-9,18H,10H2,1H3. The molecule has 0 aliphatic heterocycles. The third-order valence-electron chi connectivity index (χ3n) is 3.14. The zero-order valence-corrected chi connectivity index (χ0v) is 12.2. The van der Waals surface area contributed by atoms with Crippen LogP contribution in [-0.4, -0.2) is 4.98 Å². The molecule has 19 heavy (non-hydrogen) atoms. The zero-order valence-electron chi connectivity index (χ0n) is 10.6. The maximum absolute atomic E-state index is 5.81. The Bertz CT molecular complexity index is 718. The number of para-hydroxylation sites is 2. The van der Waals surface area contributed by atoms with Crippen LogP contribution in [0, 0.1) is 6.92 Å². The Labute approximate surface area is 120 Å². The molecule has 3 aromatic rings. The van der Waals surface area contributed by atoms with Gasteiger partial charge in [-0.1, -0.05) is 30.3 Å². The Balaban J connectivity index is 1.83. The topological polar surface area (TPSA) is 25.0 Å². The number of H-pyrrole nitrogens is 1. The first-order chi connectivity index (χ1) is 9.24. The SMILES string of the molecule is Cc1cccc2cc(COc3ccccc3Br)[nH]c12. The van der Waals surface area contributed by atoms with Gasteiger partial charge in [0.2, 0.25) is 0 Å². The summed E-state index contributed by atoms with van der Waals surface area (Å²) in [5.74, 6) is 0.859.